The Morgan fingerprint density at radius 1 is 0.550 bits per heavy atom. The third kappa shape index (κ3) is 23.5. The van der Waals surface area contributed by atoms with Gasteiger partial charge in [0.25, 0.3) is 0 Å². The molecule has 1 aromatic carbocycles. The zero-order chi connectivity index (χ0) is 28.9. The van der Waals surface area contributed by atoms with Crippen molar-refractivity contribution in [1.29, 1.82) is 0 Å². The highest BCUT2D eigenvalue weighted by Crippen LogP contribution is 2.15. The molecule has 0 heterocycles. The van der Waals surface area contributed by atoms with Crippen molar-refractivity contribution in [2.45, 2.75) is 6.92 Å². The van der Waals surface area contributed by atoms with Crippen molar-refractivity contribution in [1.82, 2.24) is 0 Å². The van der Waals surface area contributed by atoms with E-state index in [9.17, 15) is 9.59 Å². The van der Waals surface area contributed by atoms with Gasteiger partial charge in [-0.05, 0) is 24.3 Å². The molecule has 0 aliphatic carbocycles. The highest BCUT2D eigenvalue weighted by atomic mass is 16.6. The van der Waals surface area contributed by atoms with E-state index < -0.39 is 5.97 Å². The topological polar surface area (TPSA) is 138 Å². The van der Waals surface area contributed by atoms with Gasteiger partial charge in [0.05, 0.1) is 106 Å². The Morgan fingerprint density at radius 2 is 0.900 bits per heavy atom. The number of carbonyl (C=O) groups is 2. The fraction of sp³-hybridized carbons (Fsp3) is 0.704. The van der Waals surface area contributed by atoms with Crippen LogP contribution in [0.4, 0.5) is 5.69 Å². The zero-order valence-corrected chi connectivity index (χ0v) is 23.7. The van der Waals surface area contributed by atoms with E-state index in [1.54, 1.807) is 24.3 Å². The molecule has 0 fully saturated rings. The molecule has 13 heteroatoms. The van der Waals surface area contributed by atoms with Gasteiger partial charge in [-0.15, -0.1) is 0 Å². The average molecular weight is 576 g/mol. The lowest BCUT2D eigenvalue weighted by atomic mass is 10.3. The van der Waals surface area contributed by atoms with Crippen molar-refractivity contribution in [3.8, 4) is 5.75 Å². The molecule has 40 heavy (non-hydrogen) atoms. The number of methoxy groups -OCH3 is 1. The summed E-state index contributed by atoms with van der Waals surface area (Å²) in [4.78, 5) is 21.8. The van der Waals surface area contributed by atoms with Gasteiger partial charge in [-0.1, -0.05) is 0 Å². The SMILES string of the molecule is COC(=O)COCCOCCOCCOCCOCCOCCOCCOCCOc1ccc(NC(C)=O)cc1. The van der Waals surface area contributed by atoms with E-state index in [2.05, 4.69) is 10.1 Å². The molecule has 1 N–H and O–H groups in total. The second-order valence-electron chi connectivity index (χ2n) is 7.97. The van der Waals surface area contributed by atoms with E-state index in [1.165, 1.54) is 14.0 Å². The van der Waals surface area contributed by atoms with Gasteiger partial charge in [-0.2, -0.15) is 0 Å². The first kappa shape index (κ1) is 35.7. The van der Waals surface area contributed by atoms with Gasteiger partial charge >= 0.3 is 5.97 Å². The third-order valence-electron chi connectivity index (χ3n) is 4.72. The Morgan fingerprint density at radius 3 is 1.25 bits per heavy atom. The van der Waals surface area contributed by atoms with Crippen LogP contribution in [0.15, 0.2) is 24.3 Å². The minimum Gasteiger partial charge on any atom is -0.491 e. The monoisotopic (exact) mass is 575 g/mol. The standard InChI is InChI=1S/C27H45NO12/c1-24(29)28-25-3-5-26(6-4-25)40-22-21-38-18-17-36-14-13-34-10-9-32-7-8-33-11-12-35-15-16-37-19-20-39-23-27(30)31-2/h3-6H,7-23H2,1-2H3,(H,28,29). The summed E-state index contributed by atoms with van der Waals surface area (Å²) in [5.74, 6) is 0.192. The summed E-state index contributed by atoms with van der Waals surface area (Å²) in [5.41, 5.74) is 0.729. The first-order valence-electron chi connectivity index (χ1n) is 13.3. The van der Waals surface area contributed by atoms with Crippen LogP contribution in [-0.4, -0.2) is 131 Å². The number of hydrogen-bond acceptors (Lipinski definition) is 12. The number of benzene rings is 1. The minimum atomic E-state index is -0.410. The van der Waals surface area contributed by atoms with E-state index in [0.717, 1.165) is 5.69 Å². The summed E-state index contributed by atoms with van der Waals surface area (Å²) < 4.78 is 53.0. The smallest absolute Gasteiger partial charge is 0.331 e. The van der Waals surface area contributed by atoms with Crippen LogP contribution in [0.2, 0.25) is 0 Å². The van der Waals surface area contributed by atoms with Crippen molar-refractivity contribution >= 4 is 17.6 Å². The Bertz CT molecular complexity index is 735. The van der Waals surface area contributed by atoms with Crippen LogP contribution < -0.4 is 10.1 Å². The average Bonchev–Trinajstić information content (AvgIpc) is 2.95. The molecule has 0 unspecified atom stereocenters. The second kappa shape index (κ2) is 26.8. The Labute approximate surface area is 236 Å². The van der Waals surface area contributed by atoms with Crippen molar-refractivity contribution in [2.75, 3.05) is 125 Å². The van der Waals surface area contributed by atoms with E-state index in [0.29, 0.717) is 111 Å². The zero-order valence-electron chi connectivity index (χ0n) is 23.7. The summed E-state index contributed by atoms with van der Waals surface area (Å²) in [7, 11) is 1.31. The number of anilines is 1. The Kier molecular flexibility index (Phi) is 23.9. The van der Waals surface area contributed by atoms with Gasteiger partial charge in [-0.25, -0.2) is 4.79 Å². The van der Waals surface area contributed by atoms with Gasteiger partial charge in [-0.3, -0.25) is 4.79 Å². The summed E-state index contributed by atoms with van der Waals surface area (Å²) in [6.07, 6.45) is 0. The van der Waals surface area contributed by atoms with Crippen molar-refractivity contribution in [3.63, 3.8) is 0 Å². The first-order valence-corrected chi connectivity index (χ1v) is 13.3. The van der Waals surface area contributed by atoms with Crippen LogP contribution in [0.1, 0.15) is 6.92 Å². The van der Waals surface area contributed by atoms with Gasteiger partial charge < -0.3 is 52.7 Å². The summed E-state index contributed by atoms with van der Waals surface area (Å²) in [5, 5.41) is 2.70. The molecule has 0 saturated carbocycles. The molecule has 1 aromatic rings. The third-order valence-corrected chi connectivity index (χ3v) is 4.72. The van der Waals surface area contributed by atoms with Gasteiger partial charge in [0.15, 0.2) is 0 Å². The lowest BCUT2D eigenvalue weighted by molar-refractivity contribution is -0.146. The van der Waals surface area contributed by atoms with E-state index in [4.69, 9.17) is 42.6 Å². The number of esters is 1. The number of amides is 1. The van der Waals surface area contributed by atoms with Crippen LogP contribution >= 0.6 is 0 Å². The maximum atomic E-state index is 11.0. The molecule has 0 aliphatic rings. The molecule has 0 bridgehead atoms. The Hall–Kier alpha value is -2.36. The van der Waals surface area contributed by atoms with Gasteiger partial charge in [0.2, 0.25) is 5.91 Å². The summed E-state index contributed by atoms with van der Waals surface area (Å²) in [6.45, 7) is 8.70. The molecule has 1 rings (SSSR count). The van der Waals surface area contributed by atoms with E-state index in [-0.39, 0.29) is 12.5 Å². The fourth-order valence-electron chi connectivity index (χ4n) is 2.81. The maximum absolute atomic E-state index is 11.0. The Balaban J connectivity index is 1.70. The quantitative estimate of drug-likeness (QED) is 0.114. The molecular weight excluding hydrogens is 530 g/mol. The number of hydrogen-bond donors (Lipinski definition) is 1. The molecule has 0 spiro atoms. The van der Waals surface area contributed by atoms with Crippen LogP contribution in [0.5, 0.6) is 5.75 Å². The number of nitrogens with one attached hydrogen (secondary N) is 1. The van der Waals surface area contributed by atoms with Crippen LogP contribution in [0.25, 0.3) is 0 Å². The molecule has 0 atom stereocenters. The van der Waals surface area contributed by atoms with Gasteiger partial charge in [0, 0.05) is 12.6 Å². The van der Waals surface area contributed by atoms with Crippen molar-refractivity contribution < 1.29 is 57.0 Å². The largest absolute Gasteiger partial charge is 0.491 e. The van der Waals surface area contributed by atoms with Crippen LogP contribution in [-0.2, 0) is 52.2 Å². The van der Waals surface area contributed by atoms with Crippen molar-refractivity contribution in [3.05, 3.63) is 24.3 Å². The predicted molar refractivity (Wildman–Crippen MR) is 145 cm³/mol. The lowest BCUT2D eigenvalue weighted by Gasteiger charge is -2.09. The minimum absolute atomic E-state index is 0.0725. The van der Waals surface area contributed by atoms with Crippen LogP contribution in [0.3, 0.4) is 0 Å². The number of rotatable bonds is 28. The number of carbonyl (C=O) groups excluding carboxylic acids is 2. The maximum Gasteiger partial charge on any atom is 0.331 e. The molecule has 0 aromatic heterocycles. The normalized spacial score (nSPS) is 10.9. The summed E-state index contributed by atoms with van der Waals surface area (Å²) >= 11 is 0. The van der Waals surface area contributed by atoms with Crippen molar-refractivity contribution in [2.24, 2.45) is 0 Å². The molecule has 0 radical (unpaired) electrons. The molecular formula is C27H45NO12. The van der Waals surface area contributed by atoms with E-state index >= 15 is 0 Å². The number of ether oxygens (including phenoxy) is 10. The molecule has 0 aliphatic heterocycles. The van der Waals surface area contributed by atoms with Crippen LogP contribution in [0, 0.1) is 0 Å². The molecule has 0 saturated heterocycles. The van der Waals surface area contributed by atoms with E-state index in [1.807, 2.05) is 0 Å². The highest BCUT2D eigenvalue weighted by Gasteiger charge is 2.00. The van der Waals surface area contributed by atoms with Gasteiger partial charge in [0.1, 0.15) is 19.0 Å². The first-order chi connectivity index (χ1) is 19.6. The molecule has 230 valence electrons. The predicted octanol–water partition coefficient (Wildman–Crippen LogP) is 1.33. The highest BCUT2D eigenvalue weighted by molar-refractivity contribution is 5.88. The second-order valence-corrected chi connectivity index (χ2v) is 7.97. The molecule has 1 amide bonds. The lowest BCUT2D eigenvalue weighted by Crippen LogP contribution is -2.16. The molecule has 13 nitrogen and oxygen atoms in total. The summed E-state index contributed by atoms with van der Waals surface area (Å²) in [6, 6.07) is 7.16. The fourth-order valence-corrected chi connectivity index (χ4v) is 2.81.